The van der Waals surface area contributed by atoms with Crippen molar-refractivity contribution in [3.8, 4) is 0 Å². The lowest BCUT2D eigenvalue weighted by Gasteiger charge is -2.05. The summed E-state index contributed by atoms with van der Waals surface area (Å²) in [7, 11) is 0. The molecule has 19 heavy (non-hydrogen) atoms. The molecule has 0 fully saturated rings. The number of primary amides is 1. The monoisotopic (exact) mass is 262 g/mol. The maximum atomic E-state index is 11.4. The maximum absolute atomic E-state index is 11.4. The highest BCUT2D eigenvalue weighted by atomic mass is 16.4. The van der Waals surface area contributed by atoms with Crippen molar-refractivity contribution in [2.24, 2.45) is 5.73 Å². The van der Waals surface area contributed by atoms with Gasteiger partial charge in [-0.1, -0.05) is 12.1 Å². The average molecular weight is 262 g/mol. The number of nitrogens with two attached hydrogens (primary N) is 1. The Balaban J connectivity index is 2.63. The fraction of sp³-hybridized carbons (Fsp3) is 0.154. The number of carbonyl (C=O) groups is 3. The Kier molecular flexibility index (Phi) is 4.82. The highest BCUT2D eigenvalue weighted by molar-refractivity contribution is 5.95. The van der Waals surface area contributed by atoms with Crippen LogP contribution in [0.5, 0.6) is 0 Å². The third-order valence-corrected chi connectivity index (χ3v) is 2.35. The summed E-state index contributed by atoms with van der Waals surface area (Å²) in [6.45, 7) is 1.37. The lowest BCUT2D eigenvalue weighted by molar-refractivity contribution is -0.140. The van der Waals surface area contributed by atoms with Crippen LogP contribution in [0.4, 0.5) is 0 Å². The molecule has 0 radical (unpaired) electrons. The standard InChI is InChI=1S/C13H14N2O4/c1-8(13(18)19)15-11(16)7-4-9-2-5-10(6-3-9)12(14)17/h2-8H,1H3,(H2,14,17)(H,15,16)(H,18,19)/b7-4+. The van der Waals surface area contributed by atoms with Gasteiger partial charge in [0.15, 0.2) is 0 Å². The van der Waals surface area contributed by atoms with Gasteiger partial charge in [-0.3, -0.25) is 14.4 Å². The molecule has 1 aromatic carbocycles. The predicted octanol–water partition coefficient (Wildman–Crippen LogP) is 0.388. The van der Waals surface area contributed by atoms with Gasteiger partial charge >= 0.3 is 5.97 Å². The molecular formula is C13H14N2O4. The molecule has 0 aliphatic carbocycles. The third kappa shape index (κ3) is 4.63. The molecule has 1 rings (SSSR count). The summed E-state index contributed by atoms with van der Waals surface area (Å²) in [5.74, 6) is -2.13. The van der Waals surface area contributed by atoms with Crippen LogP contribution in [0.1, 0.15) is 22.8 Å². The van der Waals surface area contributed by atoms with Crippen molar-refractivity contribution in [1.82, 2.24) is 5.32 Å². The van der Waals surface area contributed by atoms with E-state index in [1.165, 1.54) is 19.1 Å². The molecule has 0 aliphatic rings. The molecule has 0 heterocycles. The van der Waals surface area contributed by atoms with Crippen molar-refractivity contribution in [3.63, 3.8) is 0 Å². The quantitative estimate of drug-likeness (QED) is 0.666. The minimum absolute atomic E-state index is 0.376. The topological polar surface area (TPSA) is 109 Å². The molecule has 6 nitrogen and oxygen atoms in total. The summed E-state index contributed by atoms with van der Waals surface area (Å²) in [5.41, 5.74) is 6.17. The van der Waals surface area contributed by atoms with E-state index in [2.05, 4.69) is 5.32 Å². The number of aliphatic carboxylic acids is 1. The number of rotatable bonds is 5. The third-order valence-electron chi connectivity index (χ3n) is 2.35. The van der Waals surface area contributed by atoms with E-state index in [0.717, 1.165) is 0 Å². The second-order valence-corrected chi connectivity index (χ2v) is 3.89. The van der Waals surface area contributed by atoms with Crippen LogP contribution in [0.2, 0.25) is 0 Å². The molecule has 0 bridgehead atoms. The van der Waals surface area contributed by atoms with Gasteiger partial charge in [0.05, 0.1) is 0 Å². The van der Waals surface area contributed by atoms with Crippen LogP contribution < -0.4 is 11.1 Å². The molecule has 2 amide bonds. The Hall–Kier alpha value is -2.63. The molecule has 1 atom stereocenters. The number of amides is 2. The molecule has 4 N–H and O–H groups in total. The molecule has 1 unspecified atom stereocenters. The molecule has 6 heteroatoms. The number of hydrogen-bond donors (Lipinski definition) is 3. The number of carboxylic acid groups (broad SMARTS) is 1. The largest absolute Gasteiger partial charge is 0.480 e. The molecule has 0 spiro atoms. The number of hydrogen-bond acceptors (Lipinski definition) is 3. The highest BCUT2D eigenvalue weighted by Gasteiger charge is 2.11. The van der Waals surface area contributed by atoms with E-state index in [-0.39, 0.29) is 0 Å². The Bertz CT molecular complexity index is 520. The van der Waals surface area contributed by atoms with Gasteiger partial charge < -0.3 is 16.2 Å². The zero-order valence-corrected chi connectivity index (χ0v) is 10.3. The summed E-state index contributed by atoms with van der Waals surface area (Å²) in [6.07, 6.45) is 2.73. The SMILES string of the molecule is CC(NC(=O)/C=C/c1ccc(C(N)=O)cc1)C(=O)O. The maximum Gasteiger partial charge on any atom is 0.325 e. The number of nitrogens with one attached hydrogen (secondary N) is 1. The minimum atomic E-state index is -1.10. The van der Waals surface area contributed by atoms with E-state index in [4.69, 9.17) is 10.8 Å². The van der Waals surface area contributed by atoms with E-state index in [0.29, 0.717) is 11.1 Å². The van der Waals surface area contributed by atoms with Crippen molar-refractivity contribution < 1.29 is 19.5 Å². The van der Waals surface area contributed by atoms with Gasteiger partial charge in [0, 0.05) is 11.6 Å². The van der Waals surface area contributed by atoms with Crippen LogP contribution in [0, 0.1) is 0 Å². The van der Waals surface area contributed by atoms with Gasteiger partial charge in [-0.05, 0) is 30.7 Å². The normalized spacial score (nSPS) is 12.1. The molecule has 0 saturated heterocycles. The highest BCUT2D eigenvalue weighted by Crippen LogP contribution is 2.05. The molecule has 100 valence electrons. The number of carbonyl (C=O) groups excluding carboxylic acids is 2. The summed E-state index contributed by atoms with van der Waals surface area (Å²) in [5, 5.41) is 10.9. The van der Waals surface area contributed by atoms with Crippen molar-refractivity contribution in [3.05, 3.63) is 41.5 Å². The zero-order valence-electron chi connectivity index (χ0n) is 10.3. The summed E-state index contributed by atoms with van der Waals surface area (Å²) >= 11 is 0. The first-order chi connectivity index (χ1) is 8.90. The van der Waals surface area contributed by atoms with Gasteiger partial charge in [-0.2, -0.15) is 0 Å². The smallest absolute Gasteiger partial charge is 0.325 e. The molecule has 1 aromatic rings. The average Bonchev–Trinajstić information content (AvgIpc) is 2.36. The van der Waals surface area contributed by atoms with E-state index < -0.39 is 23.8 Å². The van der Waals surface area contributed by atoms with E-state index in [9.17, 15) is 14.4 Å². The van der Waals surface area contributed by atoms with Crippen LogP contribution in [0.3, 0.4) is 0 Å². The van der Waals surface area contributed by atoms with Crippen LogP contribution in [-0.4, -0.2) is 28.9 Å². The lowest BCUT2D eigenvalue weighted by atomic mass is 10.1. The summed E-state index contributed by atoms with van der Waals surface area (Å²) in [4.78, 5) is 32.7. The molecule has 0 aromatic heterocycles. The Labute approximate surface area is 109 Å². The fourth-order valence-corrected chi connectivity index (χ4v) is 1.25. The van der Waals surface area contributed by atoms with Crippen LogP contribution in [-0.2, 0) is 9.59 Å². The first-order valence-corrected chi connectivity index (χ1v) is 5.51. The fourth-order valence-electron chi connectivity index (χ4n) is 1.25. The van der Waals surface area contributed by atoms with Gasteiger partial charge in [0.1, 0.15) is 6.04 Å². The molecule has 0 saturated carbocycles. The minimum Gasteiger partial charge on any atom is -0.480 e. The Morgan fingerprint density at radius 1 is 1.26 bits per heavy atom. The second-order valence-electron chi connectivity index (χ2n) is 3.89. The Morgan fingerprint density at radius 3 is 2.32 bits per heavy atom. The van der Waals surface area contributed by atoms with Crippen LogP contribution in [0.25, 0.3) is 6.08 Å². The van der Waals surface area contributed by atoms with Gasteiger partial charge in [0.2, 0.25) is 11.8 Å². The van der Waals surface area contributed by atoms with Crippen LogP contribution in [0.15, 0.2) is 30.3 Å². The summed E-state index contributed by atoms with van der Waals surface area (Å²) in [6, 6.07) is 5.39. The first kappa shape index (κ1) is 14.4. The number of benzene rings is 1. The zero-order chi connectivity index (χ0) is 14.4. The van der Waals surface area contributed by atoms with Gasteiger partial charge in [0.25, 0.3) is 0 Å². The van der Waals surface area contributed by atoms with Gasteiger partial charge in [-0.15, -0.1) is 0 Å². The van der Waals surface area contributed by atoms with E-state index in [1.807, 2.05) is 0 Å². The van der Waals surface area contributed by atoms with Crippen molar-refractivity contribution in [2.75, 3.05) is 0 Å². The number of carboxylic acids is 1. The first-order valence-electron chi connectivity index (χ1n) is 5.51. The van der Waals surface area contributed by atoms with Crippen LogP contribution >= 0.6 is 0 Å². The predicted molar refractivity (Wildman–Crippen MR) is 69.2 cm³/mol. The second kappa shape index (κ2) is 6.34. The van der Waals surface area contributed by atoms with Crippen molar-refractivity contribution >= 4 is 23.9 Å². The van der Waals surface area contributed by atoms with E-state index >= 15 is 0 Å². The van der Waals surface area contributed by atoms with Gasteiger partial charge in [-0.25, -0.2) is 0 Å². The molecular weight excluding hydrogens is 248 g/mol. The van der Waals surface area contributed by atoms with E-state index in [1.54, 1.807) is 24.3 Å². The lowest BCUT2D eigenvalue weighted by Crippen LogP contribution is -2.37. The Morgan fingerprint density at radius 2 is 1.84 bits per heavy atom. The summed E-state index contributed by atoms with van der Waals surface area (Å²) < 4.78 is 0. The van der Waals surface area contributed by atoms with Crippen molar-refractivity contribution in [1.29, 1.82) is 0 Å². The van der Waals surface area contributed by atoms with Crippen molar-refractivity contribution in [2.45, 2.75) is 13.0 Å². The molecule has 0 aliphatic heterocycles.